The predicted octanol–water partition coefficient (Wildman–Crippen LogP) is 3.34. The molecule has 1 spiro atoms. The molecule has 2 aromatic rings. The monoisotopic (exact) mass is 438 g/mol. The standard InChI is InChI=1S/C25H34N4O3/c1-28-20(12-15-27-28)10-11-23(30)29-16-7-14-25(19-29)13-5-2-6-17-32-22-9-4-3-8-21(22)24(31)26-18-25/h3-4,8-9,12,15H,2,5-7,10-11,13-14,16-19H2,1H3,(H,26,31). The molecule has 2 aliphatic heterocycles. The van der Waals surface area contributed by atoms with E-state index in [-0.39, 0.29) is 17.2 Å². The second kappa shape index (κ2) is 10.2. The predicted molar refractivity (Wildman–Crippen MR) is 123 cm³/mol. The summed E-state index contributed by atoms with van der Waals surface area (Å²) in [5.74, 6) is 0.747. The quantitative estimate of drug-likeness (QED) is 0.797. The van der Waals surface area contributed by atoms with Crippen LogP contribution in [0.4, 0.5) is 0 Å². The van der Waals surface area contributed by atoms with E-state index in [9.17, 15) is 9.59 Å². The van der Waals surface area contributed by atoms with Crippen molar-refractivity contribution in [2.45, 2.75) is 51.4 Å². The van der Waals surface area contributed by atoms with Crippen LogP contribution in [-0.2, 0) is 18.3 Å². The van der Waals surface area contributed by atoms with Gasteiger partial charge < -0.3 is 15.0 Å². The Morgan fingerprint density at radius 1 is 1.16 bits per heavy atom. The van der Waals surface area contributed by atoms with Gasteiger partial charge in [-0.2, -0.15) is 5.10 Å². The number of aryl methyl sites for hydroxylation is 2. The number of piperidine rings is 1. The minimum absolute atomic E-state index is 0.0644. The highest BCUT2D eigenvalue weighted by Gasteiger charge is 2.37. The van der Waals surface area contributed by atoms with Crippen LogP contribution in [0.2, 0.25) is 0 Å². The Hall–Kier alpha value is -2.83. The van der Waals surface area contributed by atoms with Crippen molar-refractivity contribution in [3.05, 3.63) is 47.8 Å². The van der Waals surface area contributed by atoms with Gasteiger partial charge in [0.1, 0.15) is 5.75 Å². The van der Waals surface area contributed by atoms with E-state index in [0.29, 0.717) is 37.3 Å². The van der Waals surface area contributed by atoms with Crippen LogP contribution in [0, 0.1) is 5.41 Å². The van der Waals surface area contributed by atoms with Crippen molar-refractivity contribution >= 4 is 11.8 Å². The van der Waals surface area contributed by atoms with Gasteiger partial charge in [-0.25, -0.2) is 0 Å². The number of amides is 2. The van der Waals surface area contributed by atoms with Crippen LogP contribution in [0.5, 0.6) is 5.75 Å². The molecule has 1 aromatic carbocycles. The molecule has 1 fully saturated rings. The van der Waals surface area contributed by atoms with Crippen molar-refractivity contribution in [1.82, 2.24) is 20.0 Å². The molecular weight excluding hydrogens is 404 g/mol. The molecule has 3 heterocycles. The summed E-state index contributed by atoms with van der Waals surface area (Å²) < 4.78 is 7.69. The number of carbonyl (C=O) groups is 2. The van der Waals surface area contributed by atoms with Gasteiger partial charge in [-0.15, -0.1) is 0 Å². The molecule has 1 saturated heterocycles. The van der Waals surface area contributed by atoms with E-state index < -0.39 is 0 Å². The van der Waals surface area contributed by atoms with Crippen molar-refractivity contribution in [2.75, 3.05) is 26.2 Å². The van der Waals surface area contributed by atoms with Crippen LogP contribution in [0.25, 0.3) is 0 Å². The third-order valence-electron chi connectivity index (χ3n) is 6.90. The summed E-state index contributed by atoms with van der Waals surface area (Å²) in [5.41, 5.74) is 1.60. The molecule has 2 amide bonds. The Bertz CT molecular complexity index is 941. The summed E-state index contributed by atoms with van der Waals surface area (Å²) >= 11 is 0. The van der Waals surface area contributed by atoms with Gasteiger partial charge in [0.15, 0.2) is 0 Å². The lowest BCUT2D eigenvalue weighted by molar-refractivity contribution is -0.134. The number of likely N-dealkylation sites (tertiary alicyclic amines) is 1. The molecule has 2 aliphatic rings. The molecule has 4 rings (SSSR count). The number of aromatic nitrogens is 2. The van der Waals surface area contributed by atoms with E-state index in [1.54, 1.807) is 6.20 Å². The number of ether oxygens (including phenoxy) is 1. The fourth-order valence-electron chi connectivity index (χ4n) is 5.00. The van der Waals surface area contributed by atoms with Crippen molar-refractivity contribution in [3.8, 4) is 5.75 Å². The van der Waals surface area contributed by atoms with Crippen molar-refractivity contribution < 1.29 is 14.3 Å². The van der Waals surface area contributed by atoms with Crippen LogP contribution >= 0.6 is 0 Å². The molecule has 0 saturated carbocycles. The first kappa shape index (κ1) is 22.4. The normalized spacial score (nSPS) is 22.3. The number of rotatable bonds is 3. The summed E-state index contributed by atoms with van der Waals surface area (Å²) in [5, 5.41) is 7.36. The van der Waals surface area contributed by atoms with Gasteiger partial charge in [0.25, 0.3) is 5.91 Å². The Morgan fingerprint density at radius 2 is 2.00 bits per heavy atom. The minimum Gasteiger partial charge on any atom is -0.493 e. The lowest BCUT2D eigenvalue weighted by Gasteiger charge is -2.43. The molecule has 1 unspecified atom stereocenters. The number of benzene rings is 1. The largest absolute Gasteiger partial charge is 0.493 e. The van der Waals surface area contributed by atoms with Crippen LogP contribution in [0.1, 0.15) is 61.0 Å². The Balaban J connectivity index is 1.44. The number of nitrogens with zero attached hydrogens (tertiary/aromatic N) is 3. The first-order chi connectivity index (χ1) is 15.6. The molecule has 172 valence electrons. The maximum atomic E-state index is 13.0. The van der Waals surface area contributed by atoms with Crippen LogP contribution in [0.3, 0.4) is 0 Å². The van der Waals surface area contributed by atoms with Gasteiger partial charge in [-0.05, 0) is 50.3 Å². The van der Waals surface area contributed by atoms with Crippen molar-refractivity contribution in [3.63, 3.8) is 0 Å². The minimum atomic E-state index is -0.0970. The smallest absolute Gasteiger partial charge is 0.255 e. The number of nitrogens with one attached hydrogen (secondary N) is 1. The molecule has 0 aliphatic carbocycles. The molecule has 7 nitrogen and oxygen atoms in total. The van der Waals surface area contributed by atoms with E-state index in [2.05, 4.69) is 10.4 Å². The first-order valence-electron chi connectivity index (χ1n) is 11.8. The molecule has 1 aromatic heterocycles. The summed E-state index contributed by atoms with van der Waals surface area (Å²) in [6.45, 7) is 2.73. The van der Waals surface area contributed by atoms with Crippen molar-refractivity contribution in [2.24, 2.45) is 12.5 Å². The second-order valence-electron chi connectivity index (χ2n) is 9.20. The number of fused-ring (bicyclic) bond motifs is 1. The molecule has 0 bridgehead atoms. The summed E-state index contributed by atoms with van der Waals surface area (Å²) in [7, 11) is 1.91. The highest BCUT2D eigenvalue weighted by Crippen LogP contribution is 2.36. The van der Waals surface area contributed by atoms with E-state index in [0.717, 1.165) is 57.3 Å². The fourth-order valence-corrected chi connectivity index (χ4v) is 5.00. The summed E-state index contributed by atoms with van der Waals surface area (Å²) in [6, 6.07) is 9.41. The van der Waals surface area contributed by atoms with E-state index in [1.165, 1.54) is 0 Å². The lowest BCUT2D eigenvalue weighted by atomic mass is 9.75. The van der Waals surface area contributed by atoms with Gasteiger partial charge in [0.2, 0.25) is 5.91 Å². The molecule has 32 heavy (non-hydrogen) atoms. The molecular formula is C25H34N4O3. The lowest BCUT2D eigenvalue weighted by Crippen LogP contribution is -2.51. The fraction of sp³-hybridized carbons (Fsp3) is 0.560. The van der Waals surface area contributed by atoms with E-state index >= 15 is 0 Å². The maximum absolute atomic E-state index is 13.0. The summed E-state index contributed by atoms with van der Waals surface area (Å²) in [6.07, 6.45) is 9.14. The Labute approximate surface area is 190 Å². The molecule has 1 N–H and O–H groups in total. The first-order valence-corrected chi connectivity index (χ1v) is 11.8. The van der Waals surface area contributed by atoms with Gasteiger partial charge >= 0.3 is 0 Å². The molecule has 7 heteroatoms. The molecule has 1 atom stereocenters. The van der Waals surface area contributed by atoms with Crippen LogP contribution in [-0.4, -0.2) is 52.7 Å². The topological polar surface area (TPSA) is 76.5 Å². The third kappa shape index (κ3) is 5.31. The number of hydrogen-bond acceptors (Lipinski definition) is 4. The maximum Gasteiger partial charge on any atom is 0.255 e. The SMILES string of the molecule is Cn1nccc1CCC(=O)N1CCCC2(CCCCCOc3ccccc3C(=O)NC2)C1. The van der Waals surface area contributed by atoms with Crippen LogP contribution < -0.4 is 10.1 Å². The second-order valence-corrected chi connectivity index (χ2v) is 9.20. The highest BCUT2D eigenvalue weighted by atomic mass is 16.5. The number of para-hydroxylation sites is 1. The highest BCUT2D eigenvalue weighted by molar-refractivity contribution is 5.96. The van der Waals surface area contributed by atoms with E-state index in [1.807, 2.05) is 47.0 Å². The Morgan fingerprint density at radius 3 is 2.84 bits per heavy atom. The molecule has 0 radical (unpaired) electrons. The zero-order valence-electron chi connectivity index (χ0n) is 19.0. The zero-order valence-corrected chi connectivity index (χ0v) is 19.0. The number of carbonyl (C=O) groups excluding carboxylic acids is 2. The number of hydrogen-bond donors (Lipinski definition) is 1. The zero-order chi connectivity index (χ0) is 22.4. The van der Waals surface area contributed by atoms with E-state index in [4.69, 9.17) is 4.74 Å². The Kier molecular flexibility index (Phi) is 7.12. The average molecular weight is 439 g/mol. The van der Waals surface area contributed by atoms with Crippen LogP contribution in [0.15, 0.2) is 36.5 Å². The van der Waals surface area contributed by atoms with Gasteiger partial charge in [0.05, 0.1) is 12.2 Å². The summed E-state index contributed by atoms with van der Waals surface area (Å²) in [4.78, 5) is 28.0. The van der Waals surface area contributed by atoms with Gasteiger partial charge in [-0.1, -0.05) is 25.0 Å². The van der Waals surface area contributed by atoms with Crippen molar-refractivity contribution in [1.29, 1.82) is 0 Å². The average Bonchev–Trinajstić information content (AvgIpc) is 3.22. The van der Waals surface area contributed by atoms with Gasteiger partial charge in [-0.3, -0.25) is 14.3 Å². The third-order valence-corrected chi connectivity index (χ3v) is 6.90. The van der Waals surface area contributed by atoms with Gasteiger partial charge in [0, 0.05) is 50.4 Å².